The quantitative estimate of drug-likeness (QED) is 0.623. The highest BCUT2D eigenvalue weighted by Crippen LogP contribution is 2.36. The largest absolute Gasteiger partial charge is 0.485 e. The summed E-state index contributed by atoms with van der Waals surface area (Å²) in [5.74, 6) is 1.35. The molecule has 132 valence electrons. The van der Waals surface area contributed by atoms with Crippen LogP contribution in [0.4, 0.5) is 0 Å². The van der Waals surface area contributed by atoms with Crippen molar-refractivity contribution in [1.82, 2.24) is 5.43 Å². The molecule has 6 nitrogen and oxygen atoms in total. The van der Waals surface area contributed by atoms with Gasteiger partial charge in [-0.15, -0.1) is 0 Å². The summed E-state index contributed by atoms with van der Waals surface area (Å²) >= 11 is 3.20. The summed E-state index contributed by atoms with van der Waals surface area (Å²) < 4.78 is 17.3. The zero-order valence-electron chi connectivity index (χ0n) is 14.2. The number of amides is 1. The number of carbonyl (C=O) groups excluding carboxylic acids is 1. The molecule has 2 heterocycles. The number of hydrogen-bond acceptors (Lipinski definition) is 5. The molecule has 0 saturated carbocycles. The molecule has 0 spiro atoms. The Kier molecular flexibility index (Phi) is 4.85. The SMILES string of the molecule is CC(C)(C)c1ccc2c(c1)O[C@@H](C(=O)N/N=C/c1ccc(Br)o1)CO2. The van der Waals surface area contributed by atoms with Crippen LogP contribution in [0.15, 0.2) is 44.5 Å². The molecule has 25 heavy (non-hydrogen) atoms. The van der Waals surface area contributed by atoms with Crippen LogP contribution in [0.3, 0.4) is 0 Å². The number of hydrazone groups is 1. The van der Waals surface area contributed by atoms with Gasteiger partial charge in [0, 0.05) is 0 Å². The zero-order valence-corrected chi connectivity index (χ0v) is 15.8. The Balaban J connectivity index is 1.65. The smallest absolute Gasteiger partial charge is 0.284 e. The van der Waals surface area contributed by atoms with Crippen LogP contribution in [-0.4, -0.2) is 24.8 Å². The van der Waals surface area contributed by atoms with Gasteiger partial charge in [-0.05, 0) is 51.2 Å². The highest BCUT2D eigenvalue weighted by molar-refractivity contribution is 9.10. The average Bonchev–Trinajstić information content (AvgIpc) is 2.98. The fraction of sp³-hybridized carbons (Fsp3) is 0.333. The Morgan fingerprint density at radius 1 is 1.28 bits per heavy atom. The van der Waals surface area contributed by atoms with Gasteiger partial charge in [-0.1, -0.05) is 26.8 Å². The number of halogens is 1. The van der Waals surface area contributed by atoms with E-state index >= 15 is 0 Å². The molecule has 1 atom stereocenters. The third-order valence-corrected chi connectivity index (χ3v) is 4.15. The van der Waals surface area contributed by atoms with Gasteiger partial charge >= 0.3 is 0 Å². The van der Waals surface area contributed by atoms with Crippen molar-refractivity contribution in [2.24, 2.45) is 5.10 Å². The first kappa shape index (κ1) is 17.5. The van der Waals surface area contributed by atoms with Gasteiger partial charge in [0.15, 0.2) is 16.2 Å². The molecule has 1 amide bonds. The summed E-state index contributed by atoms with van der Waals surface area (Å²) in [5.41, 5.74) is 3.53. The summed E-state index contributed by atoms with van der Waals surface area (Å²) in [6.07, 6.45) is 0.654. The average molecular weight is 407 g/mol. The van der Waals surface area contributed by atoms with Crippen molar-refractivity contribution in [1.29, 1.82) is 0 Å². The number of benzene rings is 1. The second-order valence-corrected chi connectivity index (χ2v) is 7.49. The van der Waals surface area contributed by atoms with E-state index in [1.165, 1.54) is 6.21 Å². The molecule has 1 aromatic heterocycles. The van der Waals surface area contributed by atoms with Crippen LogP contribution in [0.5, 0.6) is 11.5 Å². The summed E-state index contributed by atoms with van der Waals surface area (Å²) in [4.78, 5) is 12.2. The molecule has 0 aliphatic carbocycles. The third-order valence-electron chi connectivity index (χ3n) is 3.72. The first-order valence-electron chi connectivity index (χ1n) is 7.85. The lowest BCUT2D eigenvalue weighted by atomic mass is 9.87. The first-order valence-corrected chi connectivity index (χ1v) is 8.64. The van der Waals surface area contributed by atoms with E-state index in [2.05, 4.69) is 47.2 Å². The second-order valence-electron chi connectivity index (χ2n) is 6.71. The van der Waals surface area contributed by atoms with E-state index in [0.717, 1.165) is 5.56 Å². The van der Waals surface area contributed by atoms with Crippen molar-refractivity contribution in [3.05, 3.63) is 46.3 Å². The molecule has 7 heteroatoms. The van der Waals surface area contributed by atoms with E-state index < -0.39 is 6.10 Å². The van der Waals surface area contributed by atoms with Crippen molar-refractivity contribution in [2.75, 3.05) is 6.61 Å². The molecule has 0 fully saturated rings. The number of nitrogens with one attached hydrogen (secondary N) is 1. The number of carbonyl (C=O) groups is 1. The molecule has 1 aliphatic rings. The maximum absolute atomic E-state index is 12.2. The molecule has 2 aromatic rings. The van der Waals surface area contributed by atoms with Crippen LogP contribution in [-0.2, 0) is 10.2 Å². The van der Waals surface area contributed by atoms with Gasteiger partial charge in [-0.3, -0.25) is 4.79 Å². The Morgan fingerprint density at radius 2 is 2.08 bits per heavy atom. The number of rotatable bonds is 3. The minimum absolute atomic E-state index is 0.0187. The maximum Gasteiger partial charge on any atom is 0.284 e. The number of nitrogens with zero attached hydrogens (tertiary/aromatic N) is 1. The van der Waals surface area contributed by atoms with Crippen LogP contribution in [0.1, 0.15) is 32.1 Å². The zero-order chi connectivity index (χ0) is 18.0. The number of ether oxygens (including phenoxy) is 2. The van der Waals surface area contributed by atoms with E-state index in [1.54, 1.807) is 12.1 Å². The van der Waals surface area contributed by atoms with Crippen molar-refractivity contribution in [3.63, 3.8) is 0 Å². The highest BCUT2D eigenvalue weighted by atomic mass is 79.9. The molecule has 1 aromatic carbocycles. The van der Waals surface area contributed by atoms with Crippen molar-refractivity contribution < 1.29 is 18.7 Å². The van der Waals surface area contributed by atoms with Crippen LogP contribution in [0.2, 0.25) is 0 Å². The molecule has 1 N–H and O–H groups in total. The van der Waals surface area contributed by atoms with Gasteiger partial charge in [0.05, 0.1) is 6.21 Å². The fourth-order valence-corrected chi connectivity index (χ4v) is 2.62. The molecule has 1 aliphatic heterocycles. The Labute approximate surface area is 154 Å². The normalized spacial score (nSPS) is 16.9. The summed E-state index contributed by atoms with van der Waals surface area (Å²) in [5, 5.41) is 3.87. The van der Waals surface area contributed by atoms with Gasteiger partial charge in [0.25, 0.3) is 5.91 Å². The summed E-state index contributed by atoms with van der Waals surface area (Å²) in [6, 6.07) is 9.26. The van der Waals surface area contributed by atoms with Crippen LogP contribution in [0.25, 0.3) is 0 Å². The van der Waals surface area contributed by atoms with Gasteiger partial charge in [0.1, 0.15) is 12.4 Å². The van der Waals surface area contributed by atoms with Crippen molar-refractivity contribution in [2.45, 2.75) is 32.3 Å². The van der Waals surface area contributed by atoms with Gasteiger partial charge < -0.3 is 13.9 Å². The lowest BCUT2D eigenvalue weighted by Crippen LogP contribution is -2.42. The van der Waals surface area contributed by atoms with Gasteiger partial charge in [0.2, 0.25) is 6.10 Å². The molecule has 3 rings (SSSR count). The van der Waals surface area contributed by atoms with Crippen LogP contribution < -0.4 is 14.9 Å². The van der Waals surface area contributed by atoms with E-state index in [9.17, 15) is 4.79 Å². The standard InChI is InChI=1S/C18H19BrN2O4/c1-18(2,3)11-4-6-13-14(8-11)25-15(10-23-13)17(22)21-20-9-12-5-7-16(19)24-12/h4-9,15H,10H2,1-3H3,(H,21,22)/b20-9+/t15-/m1/s1. The summed E-state index contributed by atoms with van der Waals surface area (Å²) in [6.45, 7) is 6.48. The van der Waals surface area contributed by atoms with Crippen LogP contribution in [0, 0.1) is 0 Å². The summed E-state index contributed by atoms with van der Waals surface area (Å²) in [7, 11) is 0. The van der Waals surface area contributed by atoms with Crippen molar-refractivity contribution >= 4 is 28.1 Å². The lowest BCUT2D eigenvalue weighted by molar-refractivity contribution is -0.130. The monoisotopic (exact) mass is 406 g/mol. The molecular formula is C18H19BrN2O4. The second kappa shape index (κ2) is 6.92. The first-order chi connectivity index (χ1) is 11.8. The Morgan fingerprint density at radius 3 is 2.76 bits per heavy atom. The molecule has 0 saturated heterocycles. The van der Waals surface area contributed by atoms with Crippen molar-refractivity contribution in [3.8, 4) is 11.5 Å². The molecule has 0 bridgehead atoms. The van der Waals surface area contributed by atoms with Gasteiger partial charge in [-0.2, -0.15) is 5.10 Å². The molecule has 0 radical (unpaired) electrons. The molecular weight excluding hydrogens is 388 g/mol. The Bertz CT molecular complexity index is 808. The molecule has 0 unspecified atom stereocenters. The van der Waals surface area contributed by atoms with Gasteiger partial charge in [-0.25, -0.2) is 5.43 Å². The van der Waals surface area contributed by atoms with E-state index in [0.29, 0.717) is 21.9 Å². The fourth-order valence-electron chi connectivity index (χ4n) is 2.30. The lowest BCUT2D eigenvalue weighted by Gasteiger charge is -2.27. The third kappa shape index (κ3) is 4.22. The highest BCUT2D eigenvalue weighted by Gasteiger charge is 2.28. The number of hydrogen-bond donors (Lipinski definition) is 1. The minimum atomic E-state index is -0.761. The maximum atomic E-state index is 12.2. The van der Waals surface area contributed by atoms with E-state index in [1.807, 2.05) is 18.2 Å². The Hall–Kier alpha value is -2.28. The van der Waals surface area contributed by atoms with E-state index in [-0.39, 0.29) is 17.9 Å². The predicted octanol–water partition coefficient (Wildman–Crippen LogP) is 3.63. The van der Waals surface area contributed by atoms with Crippen LogP contribution >= 0.6 is 15.9 Å². The topological polar surface area (TPSA) is 73.1 Å². The van der Waals surface area contributed by atoms with E-state index in [4.69, 9.17) is 13.9 Å². The number of furan rings is 1. The number of fused-ring (bicyclic) bond motifs is 1. The minimum Gasteiger partial charge on any atom is -0.485 e. The predicted molar refractivity (Wildman–Crippen MR) is 97.2 cm³/mol.